The van der Waals surface area contributed by atoms with Crippen molar-refractivity contribution in [2.45, 2.75) is 20.4 Å². The third-order valence-electron chi connectivity index (χ3n) is 2.52. The SMILES string of the molecule is Cc1cc(C)cc(CNc2cccnc2Cl)c1. The normalized spacial score (nSPS) is 10.3. The topological polar surface area (TPSA) is 24.9 Å². The second-order valence-corrected chi connectivity index (χ2v) is 4.55. The van der Waals surface area contributed by atoms with E-state index in [1.807, 2.05) is 12.1 Å². The van der Waals surface area contributed by atoms with Crippen molar-refractivity contribution in [3.63, 3.8) is 0 Å². The molecule has 2 nitrogen and oxygen atoms in total. The van der Waals surface area contributed by atoms with Crippen LogP contribution >= 0.6 is 11.6 Å². The fourth-order valence-electron chi connectivity index (χ4n) is 1.89. The van der Waals surface area contributed by atoms with Crippen molar-refractivity contribution >= 4 is 17.3 Å². The van der Waals surface area contributed by atoms with Gasteiger partial charge in [-0.1, -0.05) is 40.9 Å². The first-order chi connectivity index (χ1) is 8.15. The van der Waals surface area contributed by atoms with Crippen LogP contribution in [0.3, 0.4) is 0 Å². The molecular weight excluding hydrogens is 232 g/mol. The highest BCUT2D eigenvalue weighted by Gasteiger charge is 2.00. The molecule has 0 amide bonds. The highest BCUT2D eigenvalue weighted by atomic mass is 35.5. The molecule has 0 aliphatic heterocycles. The Morgan fingerprint density at radius 1 is 1.18 bits per heavy atom. The number of benzene rings is 1. The minimum atomic E-state index is 0.511. The lowest BCUT2D eigenvalue weighted by molar-refractivity contribution is 1.12. The van der Waals surface area contributed by atoms with Crippen LogP contribution in [0.5, 0.6) is 0 Å². The Morgan fingerprint density at radius 2 is 1.88 bits per heavy atom. The fourth-order valence-corrected chi connectivity index (χ4v) is 2.07. The van der Waals surface area contributed by atoms with Gasteiger partial charge in [-0.3, -0.25) is 0 Å². The molecule has 0 saturated heterocycles. The summed E-state index contributed by atoms with van der Waals surface area (Å²) >= 11 is 5.98. The summed E-state index contributed by atoms with van der Waals surface area (Å²) in [5.74, 6) is 0. The maximum atomic E-state index is 5.98. The predicted octanol–water partition coefficient (Wildman–Crippen LogP) is 3.96. The van der Waals surface area contributed by atoms with Crippen LogP contribution in [0.4, 0.5) is 5.69 Å². The first-order valence-corrected chi connectivity index (χ1v) is 5.94. The molecule has 0 spiro atoms. The number of nitrogens with one attached hydrogen (secondary N) is 1. The molecule has 0 aliphatic rings. The van der Waals surface area contributed by atoms with Crippen LogP contribution in [0.15, 0.2) is 36.5 Å². The van der Waals surface area contributed by atoms with Crippen LogP contribution in [0.1, 0.15) is 16.7 Å². The van der Waals surface area contributed by atoms with Gasteiger partial charge in [0.15, 0.2) is 5.15 Å². The Labute approximate surface area is 107 Å². The standard InChI is InChI=1S/C14H15ClN2/c1-10-6-11(2)8-12(7-10)9-17-13-4-3-5-16-14(13)15/h3-8,17H,9H2,1-2H3. The number of nitrogens with zero attached hydrogens (tertiary/aromatic N) is 1. The van der Waals surface area contributed by atoms with Gasteiger partial charge in [-0.2, -0.15) is 0 Å². The Bertz CT molecular complexity index is 503. The summed E-state index contributed by atoms with van der Waals surface area (Å²) in [4.78, 5) is 4.03. The fraction of sp³-hybridized carbons (Fsp3) is 0.214. The zero-order chi connectivity index (χ0) is 12.3. The van der Waals surface area contributed by atoms with Crippen molar-refractivity contribution in [2.75, 3.05) is 5.32 Å². The lowest BCUT2D eigenvalue weighted by atomic mass is 10.1. The Hall–Kier alpha value is -1.54. The van der Waals surface area contributed by atoms with Gasteiger partial charge in [-0.15, -0.1) is 0 Å². The number of aryl methyl sites for hydroxylation is 2. The van der Waals surface area contributed by atoms with E-state index in [0.717, 1.165) is 12.2 Å². The molecule has 0 radical (unpaired) electrons. The van der Waals surface area contributed by atoms with Gasteiger partial charge in [-0.05, 0) is 31.5 Å². The number of pyridine rings is 1. The average molecular weight is 247 g/mol. The van der Waals surface area contributed by atoms with Gasteiger partial charge in [0, 0.05) is 12.7 Å². The number of hydrogen-bond acceptors (Lipinski definition) is 2. The van der Waals surface area contributed by atoms with Crippen molar-refractivity contribution < 1.29 is 0 Å². The Morgan fingerprint density at radius 3 is 2.53 bits per heavy atom. The van der Waals surface area contributed by atoms with Gasteiger partial charge < -0.3 is 5.32 Å². The van der Waals surface area contributed by atoms with Crippen LogP contribution in [0, 0.1) is 13.8 Å². The summed E-state index contributed by atoms with van der Waals surface area (Å²) in [5.41, 5.74) is 4.67. The maximum absolute atomic E-state index is 5.98. The summed E-state index contributed by atoms with van der Waals surface area (Å²) in [5, 5.41) is 3.80. The molecular formula is C14H15ClN2. The summed E-state index contributed by atoms with van der Waals surface area (Å²) in [6.07, 6.45) is 1.68. The molecule has 1 heterocycles. The summed E-state index contributed by atoms with van der Waals surface area (Å²) in [7, 11) is 0. The average Bonchev–Trinajstić information content (AvgIpc) is 2.27. The van der Waals surface area contributed by atoms with E-state index in [9.17, 15) is 0 Å². The smallest absolute Gasteiger partial charge is 0.152 e. The molecule has 0 aliphatic carbocycles. The quantitative estimate of drug-likeness (QED) is 0.829. The van der Waals surface area contributed by atoms with E-state index in [0.29, 0.717) is 5.15 Å². The number of rotatable bonds is 3. The molecule has 2 aromatic rings. The first kappa shape index (κ1) is 11.9. The van der Waals surface area contributed by atoms with Gasteiger partial charge in [0.2, 0.25) is 0 Å². The highest BCUT2D eigenvalue weighted by molar-refractivity contribution is 6.31. The van der Waals surface area contributed by atoms with Crippen LogP contribution in [-0.2, 0) is 6.54 Å². The van der Waals surface area contributed by atoms with Crippen LogP contribution in [0.25, 0.3) is 0 Å². The molecule has 0 unspecified atom stereocenters. The van der Waals surface area contributed by atoms with Gasteiger partial charge >= 0.3 is 0 Å². The summed E-state index contributed by atoms with van der Waals surface area (Å²) in [6.45, 7) is 4.97. The largest absolute Gasteiger partial charge is 0.378 e. The van der Waals surface area contributed by atoms with Crippen molar-refractivity contribution in [1.29, 1.82) is 0 Å². The third-order valence-corrected chi connectivity index (χ3v) is 2.82. The van der Waals surface area contributed by atoms with E-state index < -0.39 is 0 Å². The van der Waals surface area contributed by atoms with Gasteiger partial charge in [0.05, 0.1) is 5.69 Å². The Kier molecular flexibility index (Phi) is 3.64. The zero-order valence-corrected chi connectivity index (χ0v) is 10.8. The van der Waals surface area contributed by atoms with Crippen molar-refractivity contribution in [3.05, 3.63) is 58.4 Å². The second-order valence-electron chi connectivity index (χ2n) is 4.19. The van der Waals surface area contributed by atoms with Gasteiger partial charge in [-0.25, -0.2) is 4.98 Å². The van der Waals surface area contributed by atoms with E-state index in [2.05, 4.69) is 42.3 Å². The number of anilines is 1. The third kappa shape index (κ3) is 3.21. The monoisotopic (exact) mass is 246 g/mol. The van der Waals surface area contributed by atoms with Crippen molar-refractivity contribution in [1.82, 2.24) is 4.98 Å². The number of hydrogen-bond donors (Lipinski definition) is 1. The zero-order valence-electron chi connectivity index (χ0n) is 10.00. The maximum Gasteiger partial charge on any atom is 0.152 e. The van der Waals surface area contributed by atoms with E-state index in [1.54, 1.807) is 6.20 Å². The minimum absolute atomic E-state index is 0.511. The molecule has 1 aromatic carbocycles. The summed E-state index contributed by atoms with van der Waals surface area (Å²) < 4.78 is 0. The van der Waals surface area contributed by atoms with Crippen LogP contribution in [0.2, 0.25) is 5.15 Å². The van der Waals surface area contributed by atoms with Crippen LogP contribution in [-0.4, -0.2) is 4.98 Å². The molecule has 0 fully saturated rings. The van der Waals surface area contributed by atoms with Crippen molar-refractivity contribution in [3.8, 4) is 0 Å². The highest BCUT2D eigenvalue weighted by Crippen LogP contribution is 2.19. The lowest BCUT2D eigenvalue weighted by Crippen LogP contribution is -2.01. The van der Waals surface area contributed by atoms with Gasteiger partial charge in [0.25, 0.3) is 0 Å². The molecule has 0 bridgehead atoms. The van der Waals surface area contributed by atoms with Gasteiger partial charge in [0.1, 0.15) is 0 Å². The lowest BCUT2D eigenvalue weighted by Gasteiger charge is -2.09. The summed E-state index contributed by atoms with van der Waals surface area (Å²) in [6, 6.07) is 10.3. The van der Waals surface area contributed by atoms with E-state index in [1.165, 1.54) is 16.7 Å². The molecule has 17 heavy (non-hydrogen) atoms. The predicted molar refractivity (Wildman–Crippen MR) is 72.5 cm³/mol. The number of aromatic nitrogens is 1. The molecule has 0 atom stereocenters. The molecule has 2 rings (SSSR count). The van der Waals surface area contributed by atoms with E-state index in [-0.39, 0.29) is 0 Å². The molecule has 1 N–H and O–H groups in total. The van der Waals surface area contributed by atoms with E-state index in [4.69, 9.17) is 11.6 Å². The molecule has 1 aromatic heterocycles. The molecule has 3 heteroatoms. The minimum Gasteiger partial charge on any atom is -0.378 e. The Balaban J connectivity index is 2.10. The van der Waals surface area contributed by atoms with Crippen LogP contribution < -0.4 is 5.32 Å². The number of halogens is 1. The second kappa shape index (κ2) is 5.19. The molecule has 0 saturated carbocycles. The first-order valence-electron chi connectivity index (χ1n) is 5.57. The molecule has 88 valence electrons. The van der Waals surface area contributed by atoms with Crippen molar-refractivity contribution in [2.24, 2.45) is 0 Å². The van der Waals surface area contributed by atoms with E-state index >= 15 is 0 Å².